The van der Waals surface area contributed by atoms with Crippen LogP contribution in [-0.2, 0) is 14.8 Å². The number of nitrogens with two attached hydrogens (primary N) is 1. The van der Waals surface area contributed by atoms with Crippen molar-refractivity contribution in [3.05, 3.63) is 23.1 Å². The molecule has 0 amide bonds. The smallest absolute Gasteiger partial charge is 0.237 e. The number of allylic oxidation sites excluding steroid dienone is 1. The predicted molar refractivity (Wildman–Crippen MR) is 81.9 cm³/mol. The molecule has 0 aromatic heterocycles. The van der Waals surface area contributed by atoms with Crippen molar-refractivity contribution in [1.29, 1.82) is 0 Å². The summed E-state index contributed by atoms with van der Waals surface area (Å²) < 4.78 is 27.9. The Morgan fingerprint density at radius 3 is 2.50 bits per heavy atom. The molecule has 2 aliphatic rings. The van der Waals surface area contributed by atoms with Crippen LogP contribution in [-0.4, -0.2) is 69.1 Å². The molecule has 2 rings (SSSR count). The lowest BCUT2D eigenvalue weighted by molar-refractivity contribution is 0.0239. The number of ether oxygens (including phenoxy) is 1. The molecular weight excluding hydrogens is 346 g/mol. The Labute approximate surface area is 128 Å². The molecule has 2 N–H and O–H groups in total. The molecule has 1 fully saturated rings. The van der Waals surface area contributed by atoms with E-state index in [0.29, 0.717) is 0 Å². The maximum atomic E-state index is 11.5. The van der Waals surface area contributed by atoms with Crippen LogP contribution in [0.25, 0.3) is 0 Å². The quantitative estimate of drug-likeness (QED) is 0.717. The number of nitrogens with zero attached hydrogens (tertiary/aromatic N) is 2. The molecule has 1 aliphatic carbocycles. The Morgan fingerprint density at radius 2 is 2.00 bits per heavy atom. The van der Waals surface area contributed by atoms with Gasteiger partial charge in [0.2, 0.25) is 10.0 Å². The van der Waals surface area contributed by atoms with Crippen molar-refractivity contribution in [3.8, 4) is 0 Å². The Morgan fingerprint density at radius 1 is 1.40 bits per heavy atom. The second kappa shape index (κ2) is 5.86. The zero-order valence-corrected chi connectivity index (χ0v) is 14.0. The second-order valence-corrected chi connectivity index (χ2v) is 7.93. The number of piperazine rings is 1. The minimum atomic E-state index is -3.71. The van der Waals surface area contributed by atoms with Crippen LogP contribution in [0.3, 0.4) is 0 Å². The van der Waals surface area contributed by atoms with Crippen molar-refractivity contribution < 1.29 is 13.2 Å². The van der Waals surface area contributed by atoms with E-state index in [1.807, 2.05) is 0 Å². The highest BCUT2D eigenvalue weighted by Gasteiger charge is 2.40. The molecule has 20 heavy (non-hydrogen) atoms. The molecule has 0 bridgehead atoms. The van der Waals surface area contributed by atoms with E-state index >= 15 is 0 Å². The summed E-state index contributed by atoms with van der Waals surface area (Å²) in [6, 6.07) is -0.209. The summed E-state index contributed by atoms with van der Waals surface area (Å²) in [5.74, 6) is 0. The van der Waals surface area contributed by atoms with Crippen molar-refractivity contribution in [2.75, 3.05) is 40.3 Å². The van der Waals surface area contributed by atoms with Crippen LogP contribution in [0, 0.1) is 0 Å². The van der Waals surface area contributed by atoms with E-state index in [1.165, 1.54) is 6.08 Å². The van der Waals surface area contributed by atoms with E-state index in [-0.39, 0.29) is 10.9 Å². The Kier molecular flexibility index (Phi) is 4.73. The molecule has 114 valence electrons. The number of rotatable bonds is 3. The van der Waals surface area contributed by atoms with Crippen LogP contribution in [0.15, 0.2) is 23.1 Å². The van der Waals surface area contributed by atoms with Gasteiger partial charge in [-0.15, -0.1) is 0 Å². The Balaban J connectivity index is 2.30. The number of hydrogen-bond donors (Lipinski definition) is 1. The first-order valence-electron chi connectivity index (χ1n) is 6.37. The average Bonchev–Trinajstić information content (AvgIpc) is 2.39. The molecule has 0 aromatic carbocycles. The summed E-state index contributed by atoms with van der Waals surface area (Å²) in [7, 11) is -0.0398. The third-order valence-electron chi connectivity index (χ3n) is 3.77. The minimum absolute atomic E-state index is 0.133. The van der Waals surface area contributed by atoms with Gasteiger partial charge in [0.1, 0.15) is 0 Å². The topological polar surface area (TPSA) is 75.9 Å². The first kappa shape index (κ1) is 16.1. The van der Waals surface area contributed by atoms with Gasteiger partial charge in [0, 0.05) is 33.3 Å². The number of halogens is 1. The number of alkyl halides is 1. The largest absolute Gasteiger partial charge is 0.361 e. The van der Waals surface area contributed by atoms with Crippen molar-refractivity contribution in [1.82, 2.24) is 9.80 Å². The molecule has 1 aliphatic heterocycles. The fraction of sp³-hybridized carbons (Fsp3) is 0.667. The van der Waals surface area contributed by atoms with E-state index < -0.39 is 14.5 Å². The SMILES string of the molecule is COC1(Br)C=CC(S(N)(=O)=O)=CC1N1CCN(C)CC1. The summed E-state index contributed by atoms with van der Waals surface area (Å²) in [5.41, 5.74) is 0. The molecule has 0 radical (unpaired) electrons. The molecule has 8 heteroatoms. The van der Waals surface area contributed by atoms with Crippen LogP contribution in [0.4, 0.5) is 0 Å². The highest BCUT2D eigenvalue weighted by molar-refractivity contribution is 9.10. The fourth-order valence-corrected chi connectivity index (χ4v) is 3.58. The van der Waals surface area contributed by atoms with Gasteiger partial charge in [0.25, 0.3) is 0 Å². The van der Waals surface area contributed by atoms with E-state index in [1.54, 1.807) is 19.3 Å². The average molecular weight is 366 g/mol. The van der Waals surface area contributed by atoms with Gasteiger partial charge in [-0.1, -0.05) is 0 Å². The normalized spacial score (nSPS) is 33.2. The molecule has 0 aromatic rings. The first-order valence-corrected chi connectivity index (χ1v) is 8.71. The third kappa shape index (κ3) is 3.32. The molecular formula is C12H20BrN3O3S. The highest BCUT2D eigenvalue weighted by atomic mass is 79.9. The van der Waals surface area contributed by atoms with E-state index in [9.17, 15) is 8.42 Å². The highest BCUT2D eigenvalue weighted by Crippen LogP contribution is 2.35. The summed E-state index contributed by atoms with van der Waals surface area (Å²) in [4.78, 5) is 4.57. The van der Waals surface area contributed by atoms with E-state index in [0.717, 1.165) is 26.2 Å². The third-order valence-corrected chi connectivity index (χ3v) is 5.76. The Hall–Kier alpha value is -0.250. The lowest BCUT2D eigenvalue weighted by Crippen LogP contribution is -2.56. The van der Waals surface area contributed by atoms with Crippen LogP contribution >= 0.6 is 15.9 Å². The van der Waals surface area contributed by atoms with Gasteiger partial charge in [0.05, 0.1) is 10.9 Å². The fourth-order valence-electron chi connectivity index (χ4n) is 2.45. The van der Waals surface area contributed by atoms with Gasteiger partial charge in [-0.2, -0.15) is 0 Å². The van der Waals surface area contributed by atoms with E-state index in [4.69, 9.17) is 9.88 Å². The van der Waals surface area contributed by atoms with Gasteiger partial charge in [-0.05, 0) is 41.2 Å². The summed E-state index contributed by atoms with van der Waals surface area (Å²) in [5, 5.41) is 5.22. The molecule has 6 nitrogen and oxygen atoms in total. The van der Waals surface area contributed by atoms with Crippen molar-refractivity contribution >= 4 is 26.0 Å². The summed E-state index contributed by atoms with van der Waals surface area (Å²) in [6.45, 7) is 3.57. The summed E-state index contributed by atoms with van der Waals surface area (Å²) >= 11 is 3.56. The lowest BCUT2D eigenvalue weighted by Gasteiger charge is -2.43. The standard InChI is InChI=1S/C12H20BrN3O3S/c1-15-5-7-16(8-6-15)11-9-10(20(14,17)18)3-4-12(11,13)19-2/h3-4,9,11H,5-8H2,1-2H3,(H2,14,17,18). The zero-order valence-electron chi connectivity index (χ0n) is 11.6. The maximum absolute atomic E-state index is 11.5. The van der Waals surface area contributed by atoms with Crippen molar-refractivity contribution in [2.24, 2.45) is 5.14 Å². The Bertz CT molecular complexity index is 526. The van der Waals surface area contributed by atoms with Gasteiger partial charge in [-0.25, -0.2) is 13.6 Å². The van der Waals surface area contributed by atoms with Crippen LogP contribution < -0.4 is 5.14 Å². The minimum Gasteiger partial charge on any atom is -0.361 e. The summed E-state index contributed by atoms with van der Waals surface area (Å²) in [6.07, 6.45) is 4.86. The monoisotopic (exact) mass is 365 g/mol. The number of sulfonamides is 1. The molecule has 0 saturated carbocycles. The molecule has 1 saturated heterocycles. The number of methoxy groups -OCH3 is 1. The number of hydrogen-bond acceptors (Lipinski definition) is 5. The van der Waals surface area contributed by atoms with Gasteiger partial charge >= 0.3 is 0 Å². The van der Waals surface area contributed by atoms with Crippen molar-refractivity contribution in [2.45, 2.75) is 10.6 Å². The maximum Gasteiger partial charge on any atom is 0.237 e. The molecule has 1 heterocycles. The van der Waals surface area contributed by atoms with Crippen LogP contribution in [0.2, 0.25) is 0 Å². The predicted octanol–water partition coefficient (Wildman–Crippen LogP) is 0.0822. The van der Waals surface area contributed by atoms with Gasteiger partial charge in [0.15, 0.2) is 4.51 Å². The van der Waals surface area contributed by atoms with Crippen molar-refractivity contribution in [3.63, 3.8) is 0 Å². The van der Waals surface area contributed by atoms with Gasteiger partial charge in [-0.3, -0.25) is 4.90 Å². The molecule has 0 spiro atoms. The zero-order chi connectivity index (χ0) is 15.0. The number of likely N-dealkylation sites (N-methyl/N-ethyl adjacent to an activating group) is 1. The lowest BCUT2D eigenvalue weighted by atomic mass is 10.0. The van der Waals surface area contributed by atoms with Crippen LogP contribution in [0.5, 0.6) is 0 Å². The molecule has 2 unspecified atom stereocenters. The first-order chi connectivity index (χ1) is 9.26. The van der Waals surface area contributed by atoms with Crippen LogP contribution in [0.1, 0.15) is 0 Å². The van der Waals surface area contributed by atoms with Gasteiger partial charge < -0.3 is 9.64 Å². The second-order valence-electron chi connectivity index (χ2n) is 5.13. The molecule has 2 atom stereocenters. The van der Waals surface area contributed by atoms with E-state index in [2.05, 4.69) is 32.8 Å². The number of primary sulfonamides is 1.